The maximum absolute atomic E-state index is 12.1. The minimum atomic E-state index is -0.390. The molecule has 0 radical (unpaired) electrons. The third kappa shape index (κ3) is 2.45. The van der Waals surface area contributed by atoms with Gasteiger partial charge in [-0.1, -0.05) is 0 Å². The number of fused-ring (bicyclic) bond motifs is 1. The van der Waals surface area contributed by atoms with Crippen LogP contribution in [0.5, 0.6) is 0 Å². The molecule has 1 aliphatic heterocycles. The summed E-state index contributed by atoms with van der Waals surface area (Å²) in [5.74, 6) is -0.570. The molecule has 21 heavy (non-hydrogen) atoms. The van der Waals surface area contributed by atoms with E-state index in [2.05, 4.69) is 10.3 Å². The molecule has 0 unspecified atom stereocenters. The summed E-state index contributed by atoms with van der Waals surface area (Å²) in [6.07, 6.45) is 3.55. The van der Waals surface area contributed by atoms with Crippen molar-refractivity contribution in [2.45, 2.75) is 6.92 Å². The topological polar surface area (TPSA) is 71.2 Å². The number of carbonyl (C=O) groups excluding carboxylic acids is 2. The lowest BCUT2D eigenvalue weighted by atomic mass is 10.0. The van der Waals surface area contributed by atoms with Crippen LogP contribution in [0, 0.1) is 0 Å². The first-order valence-electron chi connectivity index (χ1n) is 6.67. The van der Waals surface area contributed by atoms with E-state index in [1.54, 1.807) is 37.4 Å². The molecular formula is C16H14N2O3. The molecule has 1 aromatic heterocycles. The van der Waals surface area contributed by atoms with Gasteiger partial charge in [-0.3, -0.25) is 4.79 Å². The molecule has 2 aromatic rings. The zero-order valence-corrected chi connectivity index (χ0v) is 11.5. The van der Waals surface area contributed by atoms with E-state index in [0.717, 1.165) is 5.69 Å². The Kier molecular flexibility index (Phi) is 3.31. The lowest BCUT2D eigenvalue weighted by Crippen LogP contribution is -2.04. The Morgan fingerprint density at radius 1 is 1.33 bits per heavy atom. The normalized spacial score (nSPS) is 14.9. The van der Waals surface area contributed by atoms with E-state index < -0.39 is 0 Å². The maximum Gasteiger partial charge on any atom is 0.338 e. The standard InChI is InChI=1S/C16H14N2O3/c1-2-21-16(20)10-5-6-14-12(8-10)13(15(19)18-14)9-11-4-3-7-17-11/h3-9,17H,2H2,1H3,(H,18,19). The van der Waals surface area contributed by atoms with Crippen LogP contribution >= 0.6 is 0 Å². The van der Waals surface area contributed by atoms with E-state index in [1.165, 1.54) is 0 Å². The highest BCUT2D eigenvalue weighted by molar-refractivity contribution is 6.35. The summed E-state index contributed by atoms with van der Waals surface area (Å²) >= 11 is 0. The molecule has 0 atom stereocenters. The van der Waals surface area contributed by atoms with Crippen LogP contribution in [0.15, 0.2) is 36.5 Å². The Hall–Kier alpha value is -2.82. The summed E-state index contributed by atoms with van der Waals surface area (Å²) in [6, 6.07) is 8.77. The minimum absolute atomic E-state index is 0.180. The lowest BCUT2D eigenvalue weighted by Gasteiger charge is -2.04. The van der Waals surface area contributed by atoms with Crippen molar-refractivity contribution in [1.29, 1.82) is 0 Å². The third-order valence-corrected chi connectivity index (χ3v) is 3.24. The van der Waals surface area contributed by atoms with Gasteiger partial charge in [-0.05, 0) is 43.3 Å². The zero-order chi connectivity index (χ0) is 14.8. The molecule has 5 heteroatoms. The number of hydrogen-bond acceptors (Lipinski definition) is 3. The second-order valence-electron chi connectivity index (χ2n) is 4.62. The Morgan fingerprint density at radius 3 is 2.90 bits per heavy atom. The zero-order valence-electron chi connectivity index (χ0n) is 11.5. The van der Waals surface area contributed by atoms with E-state index in [0.29, 0.717) is 29.0 Å². The Morgan fingerprint density at radius 2 is 2.19 bits per heavy atom. The van der Waals surface area contributed by atoms with Crippen molar-refractivity contribution in [3.8, 4) is 0 Å². The molecule has 1 aromatic carbocycles. The summed E-state index contributed by atoms with van der Waals surface area (Å²) in [4.78, 5) is 26.9. The Labute approximate surface area is 121 Å². The molecule has 5 nitrogen and oxygen atoms in total. The van der Waals surface area contributed by atoms with Crippen LogP contribution in [0.2, 0.25) is 0 Å². The first-order chi connectivity index (χ1) is 10.2. The number of aromatic amines is 1. The Bertz CT molecular complexity index is 730. The van der Waals surface area contributed by atoms with E-state index >= 15 is 0 Å². The molecular weight excluding hydrogens is 268 g/mol. The van der Waals surface area contributed by atoms with Gasteiger partial charge in [0, 0.05) is 23.1 Å². The van der Waals surface area contributed by atoms with Crippen molar-refractivity contribution in [3.05, 3.63) is 53.3 Å². The molecule has 0 saturated carbocycles. The molecule has 1 amide bonds. The molecule has 2 N–H and O–H groups in total. The molecule has 0 fully saturated rings. The number of benzene rings is 1. The SMILES string of the molecule is CCOC(=O)c1ccc2c(c1)C(=Cc1ccc[nH]1)C(=O)N2. The number of H-pyrrole nitrogens is 1. The van der Waals surface area contributed by atoms with Gasteiger partial charge in [0.05, 0.1) is 17.7 Å². The first kappa shape index (κ1) is 13.2. The van der Waals surface area contributed by atoms with Crippen LogP contribution in [0.25, 0.3) is 11.6 Å². The average molecular weight is 282 g/mol. The van der Waals surface area contributed by atoms with Gasteiger partial charge in [-0.15, -0.1) is 0 Å². The molecule has 0 spiro atoms. The second-order valence-corrected chi connectivity index (χ2v) is 4.62. The quantitative estimate of drug-likeness (QED) is 0.671. The fraction of sp³-hybridized carbons (Fsp3) is 0.125. The predicted molar refractivity (Wildman–Crippen MR) is 79.7 cm³/mol. The van der Waals surface area contributed by atoms with Crippen LogP contribution in [0.1, 0.15) is 28.5 Å². The molecule has 0 aliphatic carbocycles. The number of aromatic nitrogens is 1. The number of carbonyl (C=O) groups is 2. The van der Waals surface area contributed by atoms with E-state index in [1.807, 2.05) is 12.1 Å². The highest BCUT2D eigenvalue weighted by atomic mass is 16.5. The Balaban J connectivity index is 2.02. The average Bonchev–Trinajstić information content (AvgIpc) is 3.08. The van der Waals surface area contributed by atoms with E-state index in [9.17, 15) is 9.59 Å². The van der Waals surface area contributed by atoms with Gasteiger partial charge in [0.25, 0.3) is 5.91 Å². The number of anilines is 1. The van der Waals surface area contributed by atoms with Crippen LogP contribution in [0.3, 0.4) is 0 Å². The fourth-order valence-corrected chi connectivity index (χ4v) is 2.26. The number of rotatable bonds is 3. The van der Waals surface area contributed by atoms with E-state index in [-0.39, 0.29) is 11.9 Å². The summed E-state index contributed by atoms with van der Waals surface area (Å²) in [7, 11) is 0. The van der Waals surface area contributed by atoms with Crippen molar-refractivity contribution in [3.63, 3.8) is 0 Å². The van der Waals surface area contributed by atoms with Crippen molar-refractivity contribution in [2.24, 2.45) is 0 Å². The monoisotopic (exact) mass is 282 g/mol. The van der Waals surface area contributed by atoms with Crippen LogP contribution < -0.4 is 5.32 Å². The molecule has 0 bridgehead atoms. The first-order valence-corrected chi connectivity index (χ1v) is 6.67. The molecule has 0 saturated heterocycles. The van der Waals surface area contributed by atoms with Crippen molar-refractivity contribution < 1.29 is 14.3 Å². The highest BCUT2D eigenvalue weighted by Crippen LogP contribution is 2.33. The van der Waals surface area contributed by atoms with Crippen LogP contribution in [-0.2, 0) is 9.53 Å². The predicted octanol–water partition coefficient (Wildman–Crippen LogP) is 2.68. The molecule has 2 heterocycles. The number of nitrogens with one attached hydrogen (secondary N) is 2. The summed E-state index contributed by atoms with van der Waals surface area (Å²) in [5.41, 5.74) is 3.20. The van der Waals surface area contributed by atoms with Gasteiger partial charge in [0.1, 0.15) is 0 Å². The summed E-state index contributed by atoms with van der Waals surface area (Å²) in [6.45, 7) is 2.07. The van der Waals surface area contributed by atoms with Gasteiger partial charge in [0.15, 0.2) is 0 Å². The number of esters is 1. The third-order valence-electron chi connectivity index (χ3n) is 3.24. The highest BCUT2D eigenvalue weighted by Gasteiger charge is 2.25. The maximum atomic E-state index is 12.1. The van der Waals surface area contributed by atoms with Crippen LogP contribution in [-0.4, -0.2) is 23.5 Å². The molecule has 3 rings (SSSR count). The number of ether oxygens (including phenoxy) is 1. The summed E-state index contributed by atoms with van der Waals surface area (Å²) < 4.78 is 4.99. The van der Waals surface area contributed by atoms with Crippen molar-refractivity contribution in [1.82, 2.24) is 4.98 Å². The van der Waals surface area contributed by atoms with Crippen molar-refractivity contribution >= 4 is 29.2 Å². The smallest absolute Gasteiger partial charge is 0.338 e. The van der Waals surface area contributed by atoms with Crippen molar-refractivity contribution in [2.75, 3.05) is 11.9 Å². The molecule has 1 aliphatic rings. The van der Waals surface area contributed by atoms with Gasteiger partial charge < -0.3 is 15.0 Å². The number of hydrogen-bond donors (Lipinski definition) is 2. The van der Waals surface area contributed by atoms with Gasteiger partial charge in [0.2, 0.25) is 0 Å². The van der Waals surface area contributed by atoms with Gasteiger partial charge >= 0.3 is 5.97 Å². The minimum Gasteiger partial charge on any atom is -0.462 e. The largest absolute Gasteiger partial charge is 0.462 e. The fourth-order valence-electron chi connectivity index (χ4n) is 2.26. The second kappa shape index (κ2) is 5.28. The molecule has 106 valence electrons. The van der Waals surface area contributed by atoms with E-state index in [4.69, 9.17) is 4.74 Å². The lowest BCUT2D eigenvalue weighted by molar-refractivity contribution is -0.110. The van der Waals surface area contributed by atoms with Gasteiger partial charge in [-0.25, -0.2) is 4.79 Å². The number of amides is 1. The summed E-state index contributed by atoms with van der Waals surface area (Å²) in [5, 5.41) is 2.78. The van der Waals surface area contributed by atoms with Gasteiger partial charge in [-0.2, -0.15) is 0 Å². The van der Waals surface area contributed by atoms with Crippen LogP contribution in [0.4, 0.5) is 5.69 Å².